The zero-order chi connectivity index (χ0) is 28.9. The molecule has 4 aromatic rings. The van der Waals surface area contributed by atoms with Crippen molar-refractivity contribution < 1.29 is 23.1 Å². The van der Waals surface area contributed by atoms with Crippen molar-refractivity contribution in [2.24, 2.45) is 0 Å². The van der Waals surface area contributed by atoms with Gasteiger partial charge in [0.15, 0.2) is 10.9 Å². The molecule has 0 saturated carbocycles. The van der Waals surface area contributed by atoms with Crippen LogP contribution >= 0.6 is 23.2 Å². The third kappa shape index (κ3) is 5.65. The molecular weight excluding hydrogens is 553 g/mol. The van der Waals surface area contributed by atoms with Gasteiger partial charge in [0.2, 0.25) is 0 Å². The summed E-state index contributed by atoms with van der Waals surface area (Å²) in [6.07, 6.45) is -4.62. The van der Waals surface area contributed by atoms with E-state index in [9.17, 15) is 27.9 Å². The lowest BCUT2D eigenvalue weighted by Gasteiger charge is -2.25. The number of nitrogens with zero attached hydrogens (tertiary/aromatic N) is 3. The molecule has 2 heterocycles. The number of amides is 1. The van der Waals surface area contributed by atoms with Crippen LogP contribution in [0.1, 0.15) is 33.0 Å². The van der Waals surface area contributed by atoms with Crippen LogP contribution < -0.4 is 10.9 Å². The fourth-order valence-corrected chi connectivity index (χ4v) is 4.60. The minimum atomic E-state index is -4.62. The Morgan fingerprint density at radius 2 is 1.77 bits per heavy atom. The molecule has 0 atom stereocenters. The molecule has 2 aromatic carbocycles. The lowest BCUT2D eigenvalue weighted by Crippen LogP contribution is -2.39. The third-order valence-electron chi connectivity index (χ3n) is 6.02. The number of hydrogen-bond donors (Lipinski definition) is 2. The smallest absolute Gasteiger partial charge is 0.416 e. The van der Waals surface area contributed by atoms with Gasteiger partial charge in [0.25, 0.3) is 11.5 Å². The van der Waals surface area contributed by atoms with Gasteiger partial charge >= 0.3 is 6.18 Å². The average Bonchev–Trinajstić information content (AvgIpc) is 2.84. The molecule has 15 heteroatoms. The summed E-state index contributed by atoms with van der Waals surface area (Å²) in [5.41, 5.74) is -0.833. The normalized spacial score (nSPS) is 12.1. The van der Waals surface area contributed by atoms with Gasteiger partial charge in [-0.15, -0.1) is 0 Å². The maximum atomic E-state index is 14.0. The van der Waals surface area contributed by atoms with E-state index in [1.165, 1.54) is 28.8 Å². The number of benzene rings is 2. The number of fused-ring (bicyclic) bond motifs is 1. The Bertz CT molecular complexity index is 1670. The van der Waals surface area contributed by atoms with Crippen LogP contribution in [0.5, 0.6) is 5.75 Å². The van der Waals surface area contributed by atoms with Gasteiger partial charge in [-0.25, -0.2) is 9.97 Å². The first-order valence-corrected chi connectivity index (χ1v) is 12.4. The number of anilines is 1. The highest BCUT2D eigenvalue weighted by atomic mass is 35.5. The quantitative estimate of drug-likeness (QED) is 0.283. The molecule has 39 heavy (non-hydrogen) atoms. The van der Waals surface area contributed by atoms with Gasteiger partial charge in [-0.2, -0.15) is 13.2 Å². The van der Waals surface area contributed by atoms with E-state index in [-0.39, 0.29) is 43.8 Å². The minimum Gasteiger partial charge on any atom is -0.504 e. The highest BCUT2D eigenvalue weighted by Crippen LogP contribution is 2.33. The molecule has 0 aliphatic carbocycles. The van der Waals surface area contributed by atoms with E-state index in [0.717, 1.165) is 12.1 Å². The van der Waals surface area contributed by atoms with Crippen molar-refractivity contribution in [3.63, 3.8) is 0 Å². The molecule has 1 amide bonds. The number of alkyl halides is 3. The molecule has 0 bridgehead atoms. The van der Waals surface area contributed by atoms with Crippen LogP contribution in [0, 0.1) is 6.92 Å². The zero-order valence-electron chi connectivity index (χ0n) is 21.2. The summed E-state index contributed by atoms with van der Waals surface area (Å²) in [4.78, 5) is 35.5. The number of aromatic hydroxyl groups is 1. The van der Waals surface area contributed by atoms with Gasteiger partial charge in [0, 0.05) is 0 Å². The Morgan fingerprint density at radius 1 is 1.10 bits per heavy atom. The van der Waals surface area contributed by atoms with Crippen LogP contribution in [-0.4, -0.2) is 49.1 Å². The van der Waals surface area contributed by atoms with E-state index in [0.29, 0.717) is 5.56 Å². The summed E-state index contributed by atoms with van der Waals surface area (Å²) in [6.45, 7) is 1.34. The average molecular weight is 573 g/mol. The number of pyridine rings is 1. The first-order chi connectivity index (χ1) is 18.1. The van der Waals surface area contributed by atoms with Crippen molar-refractivity contribution in [2.45, 2.75) is 24.8 Å². The maximum Gasteiger partial charge on any atom is 0.416 e. The van der Waals surface area contributed by atoms with E-state index in [1.54, 1.807) is 36.5 Å². The number of hydrogen-bond acceptors (Lipinski definition) is 5. The van der Waals surface area contributed by atoms with Crippen molar-refractivity contribution in [3.8, 4) is 5.75 Å². The van der Waals surface area contributed by atoms with Gasteiger partial charge in [0.05, 0.1) is 63.1 Å². The SMILES string of the molecule is BC(B)(B)c1nc2c(C)ccc(NC(=O)c3cc(Cl)c(O)c(Cl)n3)c2c(=O)n1Cc1ccccc1C(F)(F)F. The lowest BCUT2D eigenvalue weighted by molar-refractivity contribution is -0.138. The number of aromatic nitrogens is 3. The molecule has 0 aliphatic heterocycles. The van der Waals surface area contributed by atoms with Crippen molar-refractivity contribution in [3.05, 3.63) is 91.2 Å². The second-order valence-corrected chi connectivity index (χ2v) is 10.7. The van der Waals surface area contributed by atoms with Crippen LogP contribution in [0.2, 0.25) is 10.2 Å². The molecule has 0 unspecified atom stereocenters. The van der Waals surface area contributed by atoms with E-state index < -0.39 is 40.6 Å². The molecule has 4 rings (SSSR count). The van der Waals surface area contributed by atoms with Crippen LogP contribution in [0.15, 0.2) is 47.3 Å². The van der Waals surface area contributed by atoms with E-state index in [2.05, 4.69) is 10.3 Å². The minimum absolute atomic E-state index is 0.0109. The monoisotopic (exact) mass is 572 g/mol. The molecule has 0 saturated heterocycles. The highest BCUT2D eigenvalue weighted by Gasteiger charge is 2.34. The molecule has 7 nitrogen and oxygen atoms in total. The first kappa shape index (κ1) is 28.6. The fraction of sp³-hybridized carbons (Fsp3) is 0.167. The van der Waals surface area contributed by atoms with Crippen LogP contribution in [0.4, 0.5) is 18.9 Å². The van der Waals surface area contributed by atoms with E-state index in [1.807, 2.05) is 0 Å². The molecule has 0 spiro atoms. The number of nitrogens with one attached hydrogen (secondary N) is 1. The van der Waals surface area contributed by atoms with Gasteiger partial charge < -0.3 is 10.4 Å². The predicted octanol–water partition coefficient (Wildman–Crippen LogP) is 2.44. The largest absolute Gasteiger partial charge is 0.504 e. The van der Waals surface area contributed by atoms with Gasteiger partial charge in [-0.3, -0.25) is 14.2 Å². The Hall–Kier alpha value is -3.44. The Morgan fingerprint density at radius 3 is 2.38 bits per heavy atom. The number of rotatable bonds is 5. The van der Waals surface area contributed by atoms with Crippen molar-refractivity contribution in [1.82, 2.24) is 14.5 Å². The standard InChI is InChI=1S/C24H20B3Cl2F3N4O3/c1-10-6-7-14(34-20(38)15-8-13(28)18(37)19(29)33-15)16-17(10)35-22(23(25,26)27)36(21(16)39)9-11-4-2-3-5-12(11)24(30,31)32/h2-8,37H,9,25-27H2,1H3,(H,34,38). The maximum absolute atomic E-state index is 14.0. The van der Waals surface area contributed by atoms with Gasteiger partial charge in [-0.1, -0.05) is 52.6 Å². The summed E-state index contributed by atoms with van der Waals surface area (Å²) in [7, 11) is 5.41. The predicted molar refractivity (Wildman–Crippen MR) is 152 cm³/mol. The van der Waals surface area contributed by atoms with Crippen LogP contribution in [0.25, 0.3) is 10.9 Å². The number of halogens is 5. The second kappa shape index (κ2) is 10.3. The van der Waals surface area contributed by atoms with Crippen LogP contribution in [0.3, 0.4) is 0 Å². The lowest BCUT2D eigenvalue weighted by atomic mass is 9.42. The summed E-state index contributed by atoms with van der Waals surface area (Å²) >= 11 is 11.8. The first-order valence-electron chi connectivity index (χ1n) is 11.7. The Labute approximate surface area is 233 Å². The Balaban J connectivity index is 1.93. The number of aryl methyl sites for hydroxylation is 1. The summed E-state index contributed by atoms with van der Waals surface area (Å²) in [6, 6.07) is 9.29. The molecule has 2 aromatic heterocycles. The van der Waals surface area contributed by atoms with Crippen molar-refractivity contribution >= 4 is 69.2 Å². The van der Waals surface area contributed by atoms with Crippen LogP contribution in [-0.2, 0) is 17.8 Å². The summed E-state index contributed by atoms with van der Waals surface area (Å²) in [5, 5.41) is 11.1. The number of carbonyl (C=O) groups excluding carboxylic acids is 1. The molecule has 0 fully saturated rings. The van der Waals surface area contributed by atoms with Gasteiger partial charge in [-0.05, 0) is 36.2 Å². The summed E-state index contributed by atoms with van der Waals surface area (Å²) < 4.78 is 42.5. The fourth-order valence-electron chi connectivity index (χ4n) is 4.16. The number of carbonyl (C=O) groups is 1. The van der Waals surface area contributed by atoms with E-state index >= 15 is 0 Å². The Kier molecular flexibility index (Phi) is 7.53. The second-order valence-electron chi connectivity index (χ2n) is 9.97. The molecule has 0 aliphatic rings. The molecule has 0 radical (unpaired) electrons. The highest BCUT2D eigenvalue weighted by molar-refractivity contribution is 6.58. The topological polar surface area (TPSA) is 97.1 Å². The third-order valence-corrected chi connectivity index (χ3v) is 6.57. The van der Waals surface area contributed by atoms with E-state index in [4.69, 9.17) is 28.2 Å². The van der Waals surface area contributed by atoms with Gasteiger partial charge in [0.1, 0.15) is 5.69 Å². The molecule has 198 valence electrons. The zero-order valence-corrected chi connectivity index (χ0v) is 22.8. The summed E-state index contributed by atoms with van der Waals surface area (Å²) in [5.74, 6) is -0.990. The van der Waals surface area contributed by atoms with Crippen molar-refractivity contribution in [1.29, 1.82) is 0 Å². The molecule has 2 N–H and O–H groups in total. The van der Waals surface area contributed by atoms with Crippen molar-refractivity contribution in [2.75, 3.05) is 5.32 Å². The molecular formula is C24H20B3Cl2F3N4O3.